The molecule has 3 aliphatic rings. The van der Waals surface area contributed by atoms with Gasteiger partial charge in [0.25, 0.3) is 0 Å². The number of unbranched alkanes of at least 4 members (excludes halogenated alkanes) is 2. The van der Waals surface area contributed by atoms with E-state index in [1.54, 1.807) is 32.2 Å². The average Bonchev–Trinajstić information content (AvgIpc) is 2.97. The maximum atomic E-state index is 14.1. The van der Waals surface area contributed by atoms with Gasteiger partial charge in [-0.2, -0.15) is 0 Å². The first-order valence-corrected chi connectivity index (χ1v) is 14.7. The molecular weight excluding hydrogens is 564 g/mol. The molecule has 2 unspecified atom stereocenters. The van der Waals surface area contributed by atoms with E-state index in [0.29, 0.717) is 23.3 Å². The Kier molecular flexibility index (Phi) is 8.33. The highest BCUT2D eigenvalue weighted by Gasteiger charge is 2.67. The van der Waals surface area contributed by atoms with Crippen LogP contribution in [0.4, 0.5) is 0 Å². The molecule has 10 nitrogen and oxygen atoms in total. The number of carbonyl (C=O) groups is 3. The molecule has 0 spiro atoms. The Balaban J connectivity index is 1.65. The number of ether oxygens (including phenoxy) is 1. The van der Waals surface area contributed by atoms with E-state index >= 15 is 0 Å². The topological polar surface area (TPSA) is 171 Å². The van der Waals surface area contributed by atoms with Crippen molar-refractivity contribution in [2.75, 3.05) is 21.2 Å². The number of hydrogen-bond donors (Lipinski definition) is 5. The van der Waals surface area contributed by atoms with Gasteiger partial charge in [-0.3, -0.25) is 14.4 Å². The third-order valence-corrected chi connectivity index (χ3v) is 9.56. The highest BCUT2D eigenvalue weighted by atomic mass is 16.5. The average molecular weight is 603 g/mol. The number of benzene rings is 2. The van der Waals surface area contributed by atoms with Gasteiger partial charge in [0.15, 0.2) is 11.4 Å². The summed E-state index contributed by atoms with van der Waals surface area (Å²) in [6, 6.07) is 8.05. The van der Waals surface area contributed by atoms with E-state index in [-0.39, 0.29) is 29.7 Å². The van der Waals surface area contributed by atoms with Crippen LogP contribution in [0.25, 0.3) is 16.9 Å². The van der Waals surface area contributed by atoms with Crippen molar-refractivity contribution in [3.63, 3.8) is 0 Å². The molecule has 1 amide bonds. The number of aryl methyl sites for hydroxylation is 1. The van der Waals surface area contributed by atoms with Crippen LogP contribution in [0.2, 0.25) is 0 Å². The van der Waals surface area contributed by atoms with Gasteiger partial charge >= 0.3 is 0 Å². The zero-order valence-corrected chi connectivity index (χ0v) is 25.0. The number of phenols is 1. The van der Waals surface area contributed by atoms with Crippen LogP contribution < -0.4 is 10.5 Å². The number of terminal acetylenes is 1. The summed E-state index contributed by atoms with van der Waals surface area (Å²) in [7, 11) is 4.79. The number of aliphatic hydroxyl groups is 3. The molecule has 6 atom stereocenters. The van der Waals surface area contributed by atoms with E-state index in [9.17, 15) is 34.8 Å². The number of amides is 1. The smallest absolute Gasteiger partial charge is 0.230 e. The molecular formula is C34H38N2O8. The molecule has 10 heteroatoms. The number of primary amides is 1. The third kappa shape index (κ3) is 4.76. The van der Waals surface area contributed by atoms with Crippen LogP contribution >= 0.6 is 0 Å². The lowest BCUT2D eigenvalue weighted by atomic mass is 9.54. The van der Waals surface area contributed by atoms with Gasteiger partial charge in [0.05, 0.1) is 18.8 Å². The first-order chi connectivity index (χ1) is 20.9. The zero-order valence-electron chi connectivity index (χ0n) is 25.0. The van der Waals surface area contributed by atoms with Crippen LogP contribution in [-0.2, 0) is 27.2 Å². The summed E-state index contributed by atoms with van der Waals surface area (Å²) < 4.78 is 5.69. The number of likely N-dealkylation sites (N-methyl/N-ethyl adjacent to an activating group) is 1. The summed E-state index contributed by atoms with van der Waals surface area (Å²) in [5.74, 6) is -4.52. The number of nitrogens with two attached hydrogens (primary N) is 1. The first-order valence-electron chi connectivity index (χ1n) is 14.7. The van der Waals surface area contributed by atoms with Gasteiger partial charge in [-0.15, -0.1) is 12.3 Å². The molecule has 2 fully saturated rings. The molecule has 0 aliphatic heterocycles. The molecule has 2 aromatic rings. The second-order valence-corrected chi connectivity index (χ2v) is 12.2. The van der Waals surface area contributed by atoms with Crippen molar-refractivity contribution in [1.29, 1.82) is 0 Å². The monoisotopic (exact) mass is 602 g/mol. The van der Waals surface area contributed by atoms with Gasteiger partial charge < -0.3 is 35.8 Å². The van der Waals surface area contributed by atoms with Crippen molar-refractivity contribution in [2.45, 2.75) is 56.3 Å². The van der Waals surface area contributed by atoms with Gasteiger partial charge in [0.1, 0.15) is 23.2 Å². The molecule has 3 aliphatic carbocycles. The maximum absolute atomic E-state index is 14.1. The number of carbonyl (C=O) groups excluding carboxylic acids is 3. The van der Waals surface area contributed by atoms with Crippen molar-refractivity contribution in [3.05, 3.63) is 52.6 Å². The Morgan fingerprint density at radius 3 is 2.52 bits per heavy atom. The number of ketones is 2. The fourth-order valence-corrected chi connectivity index (χ4v) is 7.53. The summed E-state index contributed by atoms with van der Waals surface area (Å²) in [6.45, 7) is 0. The fraction of sp³-hybridized carbons (Fsp3) is 0.441. The standard InChI is InChI=1S/C34H38N2O8/c1-5-6-7-8-9-17-10-13-24(44-4)20(14-17)19-11-12-23(37)26-21(19)15-18-16-22-28(36(2)3)30(39)27(33(35)42)32(41)34(22,43)31(40)25(18)29(26)38/h1,10-14,18,22,27-28,30,37-39,43H,6-9,15-16H2,2-4H3,(H2,35,42)/t18-,22-,27?,28-,30?,34-/m1/s1. The van der Waals surface area contributed by atoms with Gasteiger partial charge in [-0.05, 0) is 87.0 Å². The zero-order chi connectivity index (χ0) is 32.1. The number of methoxy groups -OCH3 is 1. The van der Waals surface area contributed by atoms with Crippen LogP contribution in [0.3, 0.4) is 0 Å². The number of hydrogen-bond acceptors (Lipinski definition) is 9. The van der Waals surface area contributed by atoms with Crippen LogP contribution in [0.15, 0.2) is 35.9 Å². The lowest BCUT2D eigenvalue weighted by Gasteiger charge is -2.53. The lowest BCUT2D eigenvalue weighted by Crippen LogP contribution is -2.73. The molecule has 232 valence electrons. The van der Waals surface area contributed by atoms with Crippen molar-refractivity contribution in [2.24, 2.45) is 23.5 Å². The van der Waals surface area contributed by atoms with Crippen molar-refractivity contribution in [3.8, 4) is 35.0 Å². The van der Waals surface area contributed by atoms with Crippen molar-refractivity contribution < 1.29 is 39.5 Å². The van der Waals surface area contributed by atoms with Crippen molar-refractivity contribution in [1.82, 2.24) is 4.90 Å². The van der Waals surface area contributed by atoms with Gasteiger partial charge in [0.2, 0.25) is 11.7 Å². The summed E-state index contributed by atoms with van der Waals surface area (Å²) in [6.07, 6.45) is 7.36. The summed E-state index contributed by atoms with van der Waals surface area (Å²) in [5.41, 5.74) is 5.66. The minimum atomic E-state index is -2.70. The van der Waals surface area contributed by atoms with E-state index in [4.69, 9.17) is 16.9 Å². The summed E-state index contributed by atoms with van der Waals surface area (Å²) in [4.78, 5) is 41.4. The molecule has 5 rings (SSSR count). The molecule has 0 aromatic heterocycles. The molecule has 2 aromatic carbocycles. The van der Waals surface area contributed by atoms with E-state index in [1.807, 2.05) is 18.2 Å². The minimum Gasteiger partial charge on any atom is -0.507 e. The number of aromatic hydroxyl groups is 1. The SMILES string of the molecule is C#CCCCCc1ccc(OC)c(-c2ccc(O)c3c2C[C@@H]2C[C@@H]4[C@@H](N(C)C)C(O)C(C(N)=O)C(=O)[C@]4(O)C(=O)C2=C3O)c1. The Morgan fingerprint density at radius 1 is 1.16 bits per heavy atom. The summed E-state index contributed by atoms with van der Waals surface area (Å²) >= 11 is 0. The van der Waals surface area contributed by atoms with E-state index in [1.165, 1.54) is 6.07 Å². The molecule has 0 bridgehead atoms. The van der Waals surface area contributed by atoms with E-state index in [0.717, 1.165) is 30.4 Å². The van der Waals surface area contributed by atoms with Crippen LogP contribution in [-0.4, -0.2) is 81.8 Å². The highest BCUT2D eigenvalue weighted by Crippen LogP contribution is 2.53. The second-order valence-electron chi connectivity index (χ2n) is 12.2. The van der Waals surface area contributed by atoms with E-state index in [2.05, 4.69) is 5.92 Å². The number of Topliss-reactive ketones (excluding diaryl/α,β-unsaturated/α-hetero) is 2. The maximum Gasteiger partial charge on any atom is 0.230 e. The number of aliphatic hydroxyl groups excluding tert-OH is 2. The number of nitrogens with zero attached hydrogens (tertiary/aromatic N) is 1. The first kappa shape index (κ1) is 31.3. The third-order valence-electron chi connectivity index (χ3n) is 9.56. The van der Waals surface area contributed by atoms with Gasteiger partial charge in [0, 0.05) is 29.5 Å². The Labute approximate surface area is 256 Å². The van der Waals surface area contributed by atoms with Crippen LogP contribution in [0.5, 0.6) is 11.5 Å². The molecule has 6 N–H and O–H groups in total. The van der Waals surface area contributed by atoms with Crippen LogP contribution in [0, 0.1) is 30.1 Å². The van der Waals surface area contributed by atoms with Gasteiger partial charge in [-0.1, -0.05) is 12.1 Å². The lowest BCUT2D eigenvalue weighted by molar-refractivity contribution is -0.184. The number of fused-ring (bicyclic) bond motifs is 3. The Morgan fingerprint density at radius 2 is 1.89 bits per heavy atom. The quantitative estimate of drug-likeness (QED) is 0.173. The predicted octanol–water partition coefficient (Wildman–Crippen LogP) is 2.15. The van der Waals surface area contributed by atoms with Gasteiger partial charge in [-0.25, -0.2) is 0 Å². The minimum absolute atomic E-state index is 0.0320. The molecule has 2 saturated carbocycles. The second kappa shape index (κ2) is 11.7. The summed E-state index contributed by atoms with van der Waals surface area (Å²) in [5, 5.41) is 45.5. The highest BCUT2D eigenvalue weighted by molar-refractivity contribution is 6.25. The largest absolute Gasteiger partial charge is 0.507 e. The van der Waals surface area contributed by atoms with Crippen molar-refractivity contribution >= 4 is 23.2 Å². The molecule has 0 radical (unpaired) electrons. The molecule has 0 heterocycles. The molecule has 0 saturated heterocycles. The Bertz CT molecular complexity index is 1600. The number of phenolic OH excluding ortho intramolecular Hbond substituents is 1. The normalized spacial score (nSPS) is 27.8. The Hall–Kier alpha value is -4.17. The molecule has 44 heavy (non-hydrogen) atoms. The van der Waals surface area contributed by atoms with Crippen LogP contribution in [0.1, 0.15) is 42.4 Å². The predicted molar refractivity (Wildman–Crippen MR) is 162 cm³/mol. The number of rotatable bonds is 8. The van der Waals surface area contributed by atoms with E-state index < -0.39 is 58.7 Å². The fourth-order valence-electron chi connectivity index (χ4n) is 7.53.